The second-order valence-electron chi connectivity index (χ2n) is 4.49. The third-order valence-corrected chi connectivity index (χ3v) is 3.00. The van der Waals surface area contributed by atoms with Gasteiger partial charge in [0.25, 0.3) is 11.5 Å². The Morgan fingerprint density at radius 3 is 2.77 bits per heavy atom. The Balaban J connectivity index is 2.42. The second kappa shape index (κ2) is 6.66. The van der Waals surface area contributed by atoms with E-state index in [1.807, 2.05) is 0 Å². The van der Waals surface area contributed by atoms with Gasteiger partial charge in [0.1, 0.15) is 11.4 Å². The van der Waals surface area contributed by atoms with Gasteiger partial charge in [-0.1, -0.05) is 24.3 Å². The summed E-state index contributed by atoms with van der Waals surface area (Å²) in [7, 11) is 0. The Labute approximate surface area is 124 Å². The number of aromatic amines is 1. The molecule has 0 saturated carbocycles. The molecule has 0 atom stereocenters. The van der Waals surface area contributed by atoms with Crippen LogP contribution in [0, 0.1) is 5.82 Å². The van der Waals surface area contributed by atoms with Crippen LogP contribution in [0.15, 0.2) is 52.7 Å². The number of rotatable bonds is 5. The van der Waals surface area contributed by atoms with Crippen molar-refractivity contribution < 1.29 is 9.18 Å². The van der Waals surface area contributed by atoms with Crippen LogP contribution in [0.25, 0.3) is 0 Å². The minimum Gasteiger partial charge on any atom is -0.348 e. The van der Waals surface area contributed by atoms with Gasteiger partial charge in [0.05, 0.1) is 6.54 Å². The number of amides is 1. The fraction of sp³-hybridized carbons (Fsp3) is 0.133. The summed E-state index contributed by atoms with van der Waals surface area (Å²) in [6.07, 6.45) is 2.50. The Bertz CT molecular complexity index is 823. The van der Waals surface area contributed by atoms with Crippen molar-refractivity contribution in [1.29, 1.82) is 0 Å². The lowest BCUT2D eigenvalue weighted by molar-refractivity contribution is 0.0955. The molecular weight excluding hydrogens is 289 g/mol. The first-order valence-corrected chi connectivity index (χ1v) is 6.49. The lowest BCUT2D eigenvalue weighted by Crippen LogP contribution is -2.41. The molecule has 1 aromatic heterocycles. The van der Waals surface area contributed by atoms with Crippen LogP contribution in [0.1, 0.15) is 15.9 Å². The average Bonchev–Trinajstić information content (AvgIpc) is 2.50. The number of benzene rings is 1. The third kappa shape index (κ3) is 3.20. The van der Waals surface area contributed by atoms with Crippen molar-refractivity contribution in [3.05, 3.63) is 80.9 Å². The molecule has 1 amide bonds. The number of nitrogens with one attached hydrogen (secondary N) is 2. The van der Waals surface area contributed by atoms with Crippen LogP contribution in [0.5, 0.6) is 0 Å². The van der Waals surface area contributed by atoms with E-state index in [9.17, 15) is 18.8 Å². The highest BCUT2D eigenvalue weighted by Gasteiger charge is 2.15. The number of aromatic nitrogens is 2. The molecule has 0 aliphatic carbocycles. The molecule has 0 bridgehead atoms. The van der Waals surface area contributed by atoms with Crippen LogP contribution in [0.4, 0.5) is 4.39 Å². The predicted octanol–water partition coefficient (Wildman–Crippen LogP) is 0.640. The molecule has 0 radical (unpaired) electrons. The van der Waals surface area contributed by atoms with E-state index in [0.29, 0.717) is 0 Å². The van der Waals surface area contributed by atoms with Crippen molar-refractivity contribution >= 4 is 5.91 Å². The number of halogens is 1. The number of carbonyl (C=O) groups excluding carboxylic acids is 1. The monoisotopic (exact) mass is 303 g/mol. The molecule has 114 valence electrons. The first-order chi connectivity index (χ1) is 10.5. The Hall–Kier alpha value is -2.96. The molecule has 1 heterocycles. The van der Waals surface area contributed by atoms with Gasteiger partial charge < -0.3 is 10.3 Å². The van der Waals surface area contributed by atoms with Gasteiger partial charge >= 0.3 is 5.69 Å². The molecule has 7 heteroatoms. The number of hydrogen-bond acceptors (Lipinski definition) is 3. The number of hydrogen-bond donors (Lipinski definition) is 2. The molecule has 0 aliphatic rings. The smallest absolute Gasteiger partial charge is 0.328 e. The quantitative estimate of drug-likeness (QED) is 0.795. The highest BCUT2D eigenvalue weighted by Crippen LogP contribution is 2.06. The summed E-state index contributed by atoms with van der Waals surface area (Å²) in [6, 6.07) is 5.80. The second-order valence-corrected chi connectivity index (χ2v) is 4.49. The molecule has 0 aliphatic heterocycles. The number of H-pyrrole nitrogens is 1. The van der Waals surface area contributed by atoms with Crippen LogP contribution in [-0.4, -0.2) is 22.0 Å². The van der Waals surface area contributed by atoms with Crippen molar-refractivity contribution in [3.8, 4) is 0 Å². The summed E-state index contributed by atoms with van der Waals surface area (Å²) in [5.74, 6) is -1.17. The van der Waals surface area contributed by atoms with Gasteiger partial charge in [-0.15, -0.1) is 6.58 Å². The van der Waals surface area contributed by atoms with E-state index in [-0.39, 0.29) is 24.2 Å². The molecule has 0 fully saturated rings. The van der Waals surface area contributed by atoms with Crippen molar-refractivity contribution in [3.63, 3.8) is 0 Å². The standard InChI is InChI=1S/C15H14FN3O3/c1-2-7-17-13(20)11-8-18-15(22)19(14(11)21)9-10-5-3-4-6-12(10)16/h2-6,8H,1,7,9H2,(H,17,20)(H,18,22). The van der Waals surface area contributed by atoms with E-state index in [1.54, 1.807) is 6.07 Å². The molecule has 6 nitrogen and oxygen atoms in total. The third-order valence-electron chi connectivity index (χ3n) is 3.00. The number of carbonyl (C=O) groups is 1. The Morgan fingerprint density at radius 2 is 2.09 bits per heavy atom. The maximum Gasteiger partial charge on any atom is 0.328 e. The summed E-state index contributed by atoms with van der Waals surface area (Å²) >= 11 is 0. The van der Waals surface area contributed by atoms with Crippen molar-refractivity contribution in [2.24, 2.45) is 0 Å². The van der Waals surface area contributed by atoms with Crippen LogP contribution in [0.2, 0.25) is 0 Å². The van der Waals surface area contributed by atoms with Crippen LogP contribution in [-0.2, 0) is 6.54 Å². The Morgan fingerprint density at radius 1 is 1.36 bits per heavy atom. The first-order valence-electron chi connectivity index (χ1n) is 6.49. The van der Waals surface area contributed by atoms with Gasteiger partial charge in [0.15, 0.2) is 0 Å². The zero-order chi connectivity index (χ0) is 16.1. The summed E-state index contributed by atoms with van der Waals surface area (Å²) < 4.78 is 14.4. The van der Waals surface area contributed by atoms with E-state index in [4.69, 9.17) is 0 Å². The van der Waals surface area contributed by atoms with Crippen molar-refractivity contribution in [2.45, 2.75) is 6.54 Å². The lowest BCUT2D eigenvalue weighted by atomic mass is 10.2. The van der Waals surface area contributed by atoms with Crippen LogP contribution in [0.3, 0.4) is 0 Å². The predicted molar refractivity (Wildman–Crippen MR) is 79.4 cm³/mol. The van der Waals surface area contributed by atoms with E-state index in [0.717, 1.165) is 10.8 Å². The van der Waals surface area contributed by atoms with Gasteiger partial charge in [-0.2, -0.15) is 0 Å². The minimum absolute atomic E-state index is 0.179. The van der Waals surface area contributed by atoms with Crippen molar-refractivity contribution in [2.75, 3.05) is 6.54 Å². The molecular formula is C15H14FN3O3. The summed E-state index contributed by atoms with van der Waals surface area (Å²) in [5, 5.41) is 2.44. The minimum atomic E-state index is -0.784. The van der Waals surface area contributed by atoms with E-state index in [2.05, 4.69) is 16.9 Å². The van der Waals surface area contributed by atoms with Crippen LogP contribution >= 0.6 is 0 Å². The molecule has 2 rings (SSSR count). The molecule has 2 aromatic rings. The summed E-state index contributed by atoms with van der Waals surface area (Å²) in [5.41, 5.74) is -1.54. The molecule has 0 saturated heterocycles. The normalized spacial score (nSPS) is 10.2. The van der Waals surface area contributed by atoms with E-state index < -0.39 is 23.0 Å². The highest BCUT2D eigenvalue weighted by molar-refractivity contribution is 5.93. The summed E-state index contributed by atoms with van der Waals surface area (Å²) in [4.78, 5) is 38.2. The average molecular weight is 303 g/mol. The molecule has 2 N–H and O–H groups in total. The fourth-order valence-corrected chi connectivity index (χ4v) is 1.87. The maximum absolute atomic E-state index is 13.6. The largest absolute Gasteiger partial charge is 0.348 e. The molecule has 22 heavy (non-hydrogen) atoms. The lowest BCUT2D eigenvalue weighted by Gasteiger charge is -2.08. The van der Waals surface area contributed by atoms with E-state index >= 15 is 0 Å². The molecule has 1 aromatic carbocycles. The van der Waals surface area contributed by atoms with Gasteiger partial charge in [0, 0.05) is 18.3 Å². The van der Waals surface area contributed by atoms with Crippen molar-refractivity contribution in [1.82, 2.24) is 14.9 Å². The van der Waals surface area contributed by atoms with Gasteiger partial charge in [-0.25, -0.2) is 9.18 Å². The molecule has 0 unspecified atom stereocenters. The van der Waals surface area contributed by atoms with Gasteiger partial charge in [0.2, 0.25) is 0 Å². The first kappa shape index (κ1) is 15.4. The topological polar surface area (TPSA) is 84.0 Å². The van der Waals surface area contributed by atoms with E-state index in [1.165, 1.54) is 24.3 Å². The van der Waals surface area contributed by atoms with Crippen LogP contribution < -0.4 is 16.6 Å². The van der Waals surface area contributed by atoms with Gasteiger partial charge in [-0.05, 0) is 6.07 Å². The Kier molecular flexibility index (Phi) is 4.67. The fourth-order valence-electron chi connectivity index (χ4n) is 1.87. The molecule has 0 spiro atoms. The SMILES string of the molecule is C=CCNC(=O)c1c[nH]c(=O)n(Cc2ccccc2F)c1=O. The highest BCUT2D eigenvalue weighted by atomic mass is 19.1. The van der Waals surface area contributed by atoms with Gasteiger partial charge in [-0.3, -0.25) is 14.2 Å². The zero-order valence-electron chi connectivity index (χ0n) is 11.6. The summed E-state index contributed by atoms with van der Waals surface area (Å²) in [6.45, 7) is 3.37. The zero-order valence-corrected chi connectivity index (χ0v) is 11.6. The maximum atomic E-state index is 13.6. The number of nitrogens with zero attached hydrogens (tertiary/aromatic N) is 1.